The number of hydrogen-bond donors (Lipinski definition) is 0. The van der Waals surface area contributed by atoms with Crippen LogP contribution in [0, 0.1) is 6.07 Å². The average Bonchev–Trinajstić information content (AvgIpc) is 2.17. The Kier molecular flexibility index (Phi) is 8.28. The van der Waals surface area contributed by atoms with E-state index in [1.807, 2.05) is 24.3 Å². The van der Waals surface area contributed by atoms with Crippen LogP contribution in [-0.2, 0) is 11.4 Å². The Morgan fingerprint density at radius 3 is 2.07 bits per heavy atom. The van der Waals surface area contributed by atoms with Crippen LogP contribution in [-0.4, -0.2) is 0 Å². The van der Waals surface area contributed by atoms with Crippen LogP contribution in [0.5, 0.6) is 0 Å². The van der Waals surface area contributed by atoms with Crippen molar-refractivity contribution in [2.45, 2.75) is 0 Å². The van der Waals surface area contributed by atoms with E-state index in [4.69, 9.17) is 30.1 Å². The summed E-state index contributed by atoms with van der Waals surface area (Å²) in [5.41, 5.74) is 0. The van der Waals surface area contributed by atoms with Crippen LogP contribution in [0.3, 0.4) is 0 Å². The maximum absolute atomic E-state index is 4.93. The van der Waals surface area contributed by atoms with Gasteiger partial charge in [-0.3, -0.25) is 0 Å². The van der Waals surface area contributed by atoms with Gasteiger partial charge in [0.1, 0.15) is 0 Å². The predicted molar refractivity (Wildman–Crippen MR) is 65.6 cm³/mol. The summed E-state index contributed by atoms with van der Waals surface area (Å²) in [6.07, 6.45) is 0. The third-order valence-corrected chi connectivity index (χ3v) is 1.57. The number of benzene rings is 2. The molecule has 1 nitrogen and oxygen atoms in total. The van der Waals surface area contributed by atoms with Gasteiger partial charge in [-0.25, -0.2) is 0 Å². The number of hydrogen-bond acceptors (Lipinski definition) is 0. The predicted octanol–water partition coefficient (Wildman–Crippen LogP) is 5.42. The largest absolute Gasteiger partial charge is 0.693 e. The Balaban J connectivity index is 0.000000346. The summed E-state index contributed by atoms with van der Waals surface area (Å²) in [6, 6.07) is 17.4. The molecule has 0 radical (unpaired) electrons. The smallest absolute Gasteiger partial charge is 0.0801 e. The molecule has 2 rings (SSSR count). The molecule has 0 aromatic heterocycles. The molecule has 0 heterocycles. The van der Waals surface area contributed by atoms with E-state index in [9.17, 15) is 0 Å². The van der Waals surface area contributed by atoms with Crippen molar-refractivity contribution < 1.29 is 11.4 Å². The van der Waals surface area contributed by atoms with Crippen LogP contribution in [0.4, 0.5) is 0 Å². The second-order valence-electron chi connectivity index (χ2n) is 2.43. The van der Waals surface area contributed by atoms with Gasteiger partial charge in [0.2, 0.25) is 0 Å². The van der Waals surface area contributed by atoms with E-state index in [2.05, 4.69) is 24.3 Å². The molecule has 0 aliphatic heterocycles. The second-order valence-corrected chi connectivity index (χ2v) is 8.75. The first-order valence-electron chi connectivity index (χ1n) is 3.78. The maximum Gasteiger partial charge on any atom is -0.0801 e. The van der Waals surface area contributed by atoms with Crippen molar-refractivity contribution in [3.05, 3.63) is 54.7 Å². The zero-order chi connectivity index (χ0) is 10.4. The summed E-state index contributed by atoms with van der Waals surface area (Å²) in [5, 5.41) is 2.44. The Labute approximate surface area is 107 Å². The molecule has 0 saturated heterocycles. The summed E-state index contributed by atoms with van der Waals surface area (Å²) >= 11 is -1.62. The summed E-state index contributed by atoms with van der Waals surface area (Å²) in [7, 11) is 14.8. The maximum atomic E-state index is 4.93. The molecule has 0 aliphatic rings. The fraction of sp³-hybridized carbons (Fsp3) is 0. The molecular weight excluding hydrogens is 292 g/mol. The van der Waals surface area contributed by atoms with Crippen LogP contribution < -0.4 is 0 Å². The first-order chi connectivity index (χ1) is 6.70. The summed E-state index contributed by atoms with van der Waals surface area (Å²) in [5.74, 6) is 0. The Morgan fingerprint density at radius 1 is 0.933 bits per heavy atom. The van der Waals surface area contributed by atoms with Crippen LogP contribution in [0.25, 0.3) is 16.9 Å². The number of fused-ring (bicyclic) bond motifs is 1. The average molecular weight is 302 g/mol. The van der Waals surface area contributed by atoms with E-state index in [-0.39, 0.29) is 6.15 Å². The molecule has 0 spiro atoms. The van der Waals surface area contributed by atoms with Crippen molar-refractivity contribution in [3.8, 4) is 0 Å². The molecular formula is C10H9Cl3CrN-2. The topological polar surface area (TPSA) is 33.5 Å². The molecule has 5 heteroatoms. The summed E-state index contributed by atoms with van der Waals surface area (Å²) in [6.45, 7) is 0. The Morgan fingerprint density at radius 2 is 1.47 bits per heavy atom. The monoisotopic (exact) mass is 300 g/mol. The van der Waals surface area contributed by atoms with Crippen molar-refractivity contribution in [2.75, 3.05) is 0 Å². The first-order valence-corrected chi connectivity index (χ1v) is 9.05. The fourth-order valence-electron chi connectivity index (χ4n) is 1.06. The number of halogens is 3. The van der Waals surface area contributed by atoms with Gasteiger partial charge in [-0.05, 0) is 0 Å². The van der Waals surface area contributed by atoms with Gasteiger partial charge < -0.3 is 6.15 Å². The minimum absolute atomic E-state index is 0. The van der Waals surface area contributed by atoms with Crippen molar-refractivity contribution in [1.82, 2.24) is 0 Å². The molecule has 0 unspecified atom stereocenters. The zero-order valence-electron chi connectivity index (χ0n) is 7.66. The zero-order valence-corrected chi connectivity index (χ0v) is 11.2. The molecule has 0 fully saturated rings. The SMILES string of the molecule is [Cl][Cr]([Cl])[Cl].[NH2-].[c-]1cccc2ccccc12. The normalized spacial score (nSPS) is 9.07. The first kappa shape index (κ1) is 15.1. The van der Waals surface area contributed by atoms with Gasteiger partial charge in [0.05, 0.1) is 0 Å². The number of rotatable bonds is 0. The van der Waals surface area contributed by atoms with Crippen molar-refractivity contribution in [3.63, 3.8) is 0 Å². The van der Waals surface area contributed by atoms with Gasteiger partial charge in [0, 0.05) is 0 Å². The Bertz CT molecular complexity index is 327. The third-order valence-electron chi connectivity index (χ3n) is 1.57. The molecule has 2 N–H and O–H groups in total. The van der Waals surface area contributed by atoms with Gasteiger partial charge in [0.25, 0.3) is 0 Å². The van der Waals surface area contributed by atoms with E-state index >= 15 is 0 Å². The molecule has 15 heavy (non-hydrogen) atoms. The molecule has 0 amide bonds. The molecule has 0 aliphatic carbocycles. The molecule has 0 bridgehead atoms. The van der Waals surface area contributed by atoms with E-state index in [0.29, 0.717) is 0 Å². The van der Waals surface area contributed by atoms with E-state index in [1.165, 1.54) is 10.8 Å². The summed E-state index contributed by atoms with van der Waals surface area (Å²) < 4.78 is 0. The van der Waals surface area contributed by atoms with E-state index < -0.39 is 11.4 Å². The van der Waals surface area contributed by atoms with Crippen LogP contribution in [0.1, 0.15) is 0 Å². The number of nitrogens with two attached hydrogens (primary N) is 1. The molecule has 83 valence electrons. The minimum Gasteiger partial charge on any atom is -0.693 e. The van der Waals surface area contributed by atoms with Gasteiger partial charge in [0.15, 0.2) is 0 Å². The third kappa shape index (κ3) is 6.27. The van der Waals surface area contributed by atoms with Gasteiger partial charge >= 0.3 is 41.5 Å². The standard InChI is InChI=1S/C10H7.3ClH.Cr.H2N/c1-2-6-10-8-4-3-7-9(10)5-1;;;;;/h1-7H;3*1H;;1H2/q-1;;;;+3;-1/p-3. The molecule has 0 saturated carbocycles. The van der Waals surface area contributed by atoms with Crippen molar-refractivity contribution >= 4 is 40.9 Å². The molecule has 0 atom stereocenters. The summed E-state index contributed by atoms with van der Waals surface area (Å²) in [4.78, 5) is 0. The van der Waals surface area contributed by atoms with E-state index in [0.717, 1.165) is 0 Å². The Hall–Kier alpha value is 0.0625. The van der Waals surface area contributed by atoms with Crippen LogP contribution in [0.2, 0.25) is 0 Å². The quantitative estimate of drug-likeness (QED) is 0.582. The molecule has 2 aromatic rings. The van der Waals surface area contributed by atoms with Crippen molar-refractivity contribution in [2.24, 2.45) is 0 Å². The van der Waals surface area contributed by atoms with E-state index in [1.54, 1.807) is 0 Å². The van der Waals surface area contributed by atoms with Crippen molar-refractivity contribution in [1.29, 1.82) is 0 Å². The fourth-order valence-corrected chi connectivity index (χ4v) is 1.06. The van der Waals surface area contributed by atoms with Gasteiger partial charge in [-0.1, -0.05) is 12.1 Å². The molecule has 2 aromatic carbocycles. The van der Waals surface area contributed by atoms with Gasteiger partial charge in [-0.2, -0.15) is 0 Å². The minimum atomic E-state index is -1.62. The van der Waals surface area contributed by atoms with Gasteiger partial charge in [-0.15, -0.1) is 47.2 Å². The second kappa shape index (κ2) is 8.24. The van der Waals surface area contributed by atoms with Crippen LogP contribution in [0.15, 0.2) is 42.5 Å². The van der Waals surface area contributed by atoms with Crippen LogP contribution >= 0.6 is 30.1 Å².